The van der Waals surface area contributed by atoms with Crippen LogP contribution in [0.5, 0.6) is 0 Å². The standard InChI is InChI=1S/C17H19N3S/c1-13(19-14(2)17-4-3-11-21-17)15-5-7-16(8-6-15)20-10-9-18-12-20/h3-14,19H,1-2H3/t13?,14-/m0/s1. The Bertz CT molecular complexity index is 657. The van der Waals surface area contributed by atoms with Gasteiger partial charge in [-0.3, -0.25) is 0 Å². The Hall–Kier alpha value is -1.91. The second kappa shape index (κ2) is 6.24. The molecule has 2 heterocycles. The van der Waals surface area contributed by atoms with Crippen molar-refractivity contribution in [2.45, 2.75) is 25.9 Å². The van der Waals surface area contributed by atoms with Crippen LogP contribution >= 0.6 is 11.3 Å². The highest BCUT2D eigenvalue weighted by molar-refractivity contribution is 7.10. The van der Waals surface area contributed by atoms with Gasteiger partial charge >= 0.3 is 0 Å². The molecule has 0 aliphatic carbocycles. The minimum atomic E-state index is 0.318. The van der Waals surface area contributed by atoms with E-state index in [1.54, 1.807) is 17.5 Å². The van der Waals surface area contributed by atoms with Gasteiger partial charge in [-0.05, 0) is 43.0 Å². The molecule has 108 valence electrons. The molecular formula is C17H19N3S. The molecule has 0 spiro atoms. The molecular weight excluding hydrogens is 278 g/mol. The molecule has 0 radical (unpaired) electrons. The summed E-state index contributed by atoms with van der Waals surface area (Å²) in [6, 6.07) is 13.6. The summed E-state index contributed by atoms with van der Waals surface area (Å²) >= 11 is 1.80. The van der Waals surface area contributed by atoms with Crippen molar-refractivity contribution in [3.63, 3.8) is 0 Å². The lowest BCUT2D eigenvalue weighted by molar-refractivity contribution is 0.500. The van der Waals surface area contributed by atoms with Gasteiger partial charge in [0.15, 0.2) is 0 Å². The van der Waals surface area contributed by atoms with Crippen LogP contribution in [0.25, 0.3) is 5.69 Å². The van der Waals surface area contributed by atoms with E-state index in [1.165, 1.54) is 10.4 Å². The molecule has 1 N–H and O–H groups in total. The number of thiophene rings is 1. The van der Waals surface area contributed by atoms with Crippen molar-refractivity contribution in [3.05, 3.63) is 70.9 Å². The average Bonchev–Trinajstić information content (AvgIpc) is 3.20. The van der Waals surface area contributed by atoms with Crippen molar-refractivity contribution >= 4 is 11.3 Å². The number of hydrogen-bond acceptors (Lipinski definition) is 3. The van der Waals surface area contributed by atoms with Crippen molar-refractivity contribution in [2.24, 2.45) is 0 Å². The molecule has 4 heteroatoms. The molecule has 0 saturated carbocycles. The normalized spacial score (nSPS) is 14.0. The Kier molecular flexibility index (Phi) is 4.18. The van der Waals surface area contributed by atoms with Crippen LogP contribution in [0, 0.1) is 0 Å². The first-order chi connectivity index (χ1) is 10.2. The van der Waals surface area contributed by atoms with E-state index >= 15 is 0 Å². The predicted octanol–water partition coefficient (Wildman–Crippen LogP) is 4.35. The van der Waals surface area contributed by atoms with Gasteiger partial charge in [-0.2, -0.15) is 0 Å². The molecule has 3 nitrogen and oxygen atoms in total. The number of nitrogens with one attached hydrogen (secondary N) is 1. The van der Waals surface area contributed by atoms with Crippen LogP contribution in [-0.4, -0.2) is 9.55 Å². The molecule has 0 bridgehead atoms. The first kappa shape index (κ1) is 14.0. The minimum absolute atomic E-state index is 0.318. The third-order valence-electron chi connectivity index (χ3n) is 3.67. The monoisotopic (exact) mass is 297 g/mol. The molecule has 21 heavy (non-hydrogen) atoms. The van der Waals surface area contributed by atoms with Crippen LogP contribution in [0.4, 0.5) is 0 Å². The fourth-order valence-electron chi connectivity index (χ4n) is 2.44. The van der Waals surface area contributed by atoms with E-state index in [2.05, 4.69) is 65.9 Å². The Balaban J connectivity index is 1.69. The van der Waals surface area contributed by atoms with Gasteiger partial charge in [0.2, 0.25) is 0 Å². The molecule has 2 aromatic heterocycles. The second-order valence-electron chi connectivity index (χ2n) is 5.19. The van der Waals surface area contributed by atoms with Crippen LogP contribution in [-0.2, 0) is 0 Å². The molecule has 0 saturated heterocycles. The van der Waals surface area contributed by atoms with Gasteiger partial charge < -0.3 is 9.88 Å². The third-order valence-corrected chi connectivity index (χ3v) is 4.72. The average molecular weight is 297 g/mol. The van der Waals surface area contributed by atoms with E-state index in [1.807, 2.05) is 17.1 Å². The summed E-state index contributed by atoms with van der Waals surface area (Å²) in [7, 11) is 0. The topological polar surface area (TPSA) is 29.9 Å². The van der Waals surface area contributed by atoms with Crippen LogP contribution in [0.3, 0.4) is 0 Å². The molecule has 2 atom stereocenters. The van der Waals surface area contributed by atoms with E-state index in [0.29, 0.717) is 12.1 Å². The summed E-state index contributed by atoms with van der Waals surface area (Å²) in [5.41, 5.74) is 2.43. The number of rotatable bonds is 5. The number of imidazole rings is 1. The largest absolute Gasteiger partial charge is 0.306 e. The number of nitrogens with zero attached hydrogens (tertiary/aromatic N) is 2. The van der Waals surface area contributed by atoms with Crippen molar-refractivity contribution < 1.29 is 0 Å². The van der Waals surface area contributed by atoms with Crippen molar-refractivity contribution in [1.29, 1.82) is 0 Å². The lowest BCUT2D eigenvalue weighted by atomic mass is 10.1. The highest BCUT2D eigenvalue weighted by atomic mass is 32.1. The van der Waals surface area contributed by atoms with Gasteiger partial charge in [0, 0.05) is 35.0 Å². The van der Waals surface area contributed by atoms with Crippen molar-refractivity contribution in [2.75, 3.05) is 0 Å². The van der Waals surface area contributed by atoms with E-state index < -0.39 is 0 Å². The maximum Gasteiger partial charge on any atom is 0.0991 e. The highest BCUT2D eigenvalue weighted by Crippen LogP contribution is 2.23. The Morgan fingerprint density at radius 3 is 2.52 bits per heavy atom. The van der Waals surface area contributed by atoms with Crippen LogP contribution in [0.2, 0.25) is 0 Å². The van der Waals surface area contributed by atoms with Gasteiger partial charge in [-0.1, -0.05) is 18.2 Å². The smallest absolute Gasteiger partial charge is 0.0991 e. The summed E-state index contributed by atoms with van der Waals surface area (Å²) in [6.45, 7) is 4.42. The zero-order valence-electron chi connectivity index (χ0n) is 12.2. The first-order valence-electron chi connectivity index (χ1n) is 7.12. The molecule has 0 fully saturated rings. The first-order valence-corrected chi connectivity index (χ1v) is 8.00. The molecule has 1 aromatic carbocycles. The summed E-state index contributed by atoms with van der Waals surface area (Å²) in [6.07, 6.45) is 5.56. The zero-order valence-corrected chi connectivity index (χ0v) is 13.0. The van der Waals surface area contributed by atoms with E-state index in [4.69, 9.17) is 0 Å². The maximum atomic E-state index is 4.08. The van der Waals surface area contributed by atoms with E-state index in [9.17, 15) is 0 Å². The van der Waals surface area contributed by atoms with Crippen LogP contribution in [0.1, 0.15) is 36.4 Å². The number of aromatic nitrogens is 2. The molecule has 0 amide bonds. The molecule has 0 aliphatic heterocycles. The summed E-state index contributed by atoms with van der Waals surface area (Å²) in [4.78, 5) is 5.45. The summed E-state index contributed by atoms with van der Waals surface area (Å²) < 4.78 is 2.01. The van der Waals surface area contributed by atoms with Gasteiger partial charge in [-0.25, -0.2) is 4.98 Å². The fourth-order valence-corrected chi connectivity index (χ4v) is 3.18. The molecule has 1 unspecified atom stereocenters. The fraction of sp³-hybridized carbons (Fsp3) is 0.235. The Morgan fingerprint density at radius 1 is 1.10 bits per heavy atom. The van der Waals surface area contributed by atoms with E-state index in [0.717, 1.165) is 5.69 Å². The third kappa shape index (κ3) is 3.23. The van der Waals surface area contributed by atoms with Gasteiger partial charge in [-0.15, -0.1) is 11.3 Å². The van der Waals surface area contributed by atoms with Crippen LogP contribution < -0.4 is 5.32 Å². The summed E-state index contributed by atoms with van der Waals surface area (Å²) in [5, 5.41) is 5.77. The number of hydrogen-bond donors (Lipinski definition) is 1. The van der Waals surface area contributed by atoms with E-state index in [-0.39, 0.29) is 0 Å². The second-order valence-corrected chi connectivity index (χ2v) is 6.17. The summed E-state index contributed by atoms with van der Waals surface area (Å²) in [5.74, 6) is 0. The lowest BCUT2D eigenvalue weighted by Crippen LogP contribution is -2.21. The molecule has 3 aromatic rings. The maximum absolute atomic E-state index is 4.08. The Labute approximate surface area is 129 Å². The van der Waals surface area contributed by atoms with Crippen LogP contribution in [0.15, 0.2) is 60.5 Å². The zero-order chi connectivity index (χ0) is 14.7. The highest BCUT2D eigenvalue weighted by Gasteiger charge is 2.11. The lowest BCUT2D eigenvalue weighted by Gasteiger charge is -2.20. The predicted molar refractivity (Wildman–Crippen MR) is 87.8 cm³/mol. The van der Waals surface area contributed by atoms with Gasteiger partial charge in [0.05, 0.1) is 6.33 Å². The Morgan fingerprint density at radius 2 is 1.90 bits per heavy atom. The minimum Gasteiger partial charge on any atom is -0.306 e. The number of benzene rings is 1. The van der Waals surface area contributed by atoms with Crippen molar-refractivity contribution in [1.82, 2.24) is 14.9 Å². The van der Waals surface area contributed by atoms with Crippen molar-refractivity contribution in [3.8, 4) is 5.69 Å². The quantitative estimate of drug-likeness (QED) is 0.759. The van der Waals surface area contributed by atoms with Gasteiger partial charge in [0.1, 0.15) is 0 Å². The molecule has 0 aliphatic rings. The van der Waals surface area contributed by atoms with Gasteiger partial charge in [0.25, 0.3) is 0 Å². The molecule has 3 rings (SSSR count). The SMILES string of the molecule is CC(N[C@@H](C)c1cccs1)c1ccc(-n2ccnc2)cc1.